The van der Waals surface area contributed by atoms with Crippen molar-refractivity contribution < 1.29 is 4.74 Å². The molecule has 2 rings (SSSR count). The quantitative estimate of drug-likeness (QED) is 0.842. The number of H-pyrrole nitrogens is 1. The third-order valence-electron chi connectivity index (χ3n) is 3.23. The predicted octanol–water partition coefficient (Wildman–Crippen LogP) is 3.00. The van der Waals surface area contributed by atoms with Gasteiger partial charge in [0.05, 0.1) is 18.2 Å². The highest BCUT2D eigenvalue weighted by Crippen LogP contribution is 2.34. The predicted molar refractivity (Wildman–Crippen MR) is 74.3 cm³/mol. The Labute approximate surface area is 106 Å². The van der Waals surface area contributed by atoms with Crippen LogP contribution in [0, 0.1) is 0 Å². The lowest BCUT2D eigenvalue weighted by atomic mass is 9.84. The second-order valence-electron chi connectivity index (χ2n) is 4.83. The lowest BCUT2D eigenvalue weighted by Crippen LogP contribution is -2.26. The van der Waals surface area contributed by atoms with Gasteiger partial charge in [-0.3, -0.25) is 4.79 Å². The summed E-state index contributed by atoms with van der Waals surface area (Å²) in [4.78, 5) is 15.1. The first-order valence-electron chi connectivity index (χ1n) is 5.84. The Balaban J connectivity index is 2.93. The summed E-state index contributed by atoms with van der Waals surface area (Å²) in [5.41, 5.74) is 0.820. The number of allylic oxidation sites excluding steroid dienone is 1. The van der Waals surface area contributed by atoms with Crippen LogP contribution < -0.4 is 10.3 Å². The van der Waals surface area contributed by atoms with Gasteiger partial charge in [-0.05, 0) is 12.1 Å². The molecule has 0 aliphatic rings. The van der Waals surface area contributed by atoms with Gasteiger partial charge < -0.3 is 9.72 Å². The highest BCUT2D eigenvalue weighted by molar-refractivity contribution is 5.86. The molecular formula is C15H17NO2. The fourth-order valence-corrected chi connectivity index (χ4v) is 2.11. The highest BCUT2D eigenvalue weighted by Gasteiger charge is 2.26. The molecule has 0 amide bonds. The van der Waals surface area contributed by atoms with Crippen LogP contribution in [-0.2, 0) is 5.41 Å². The smallest absolute Gasteiger partial charge is 0.256 e. The number of pyridine rings is 1. The van der Waals surface area contributed by atoms with Gasteiger partial charge in [0, 0.05) is 10.8 Å². The number of hydrogen-bond acceptors (Lipinski definition) is 2. The van der Waals surface area contributed by atoms with E-state index in [1.54, 1.807) is 13.2 Å². The van der Waals surface area contributed by atoms with E-state index in [1.807, 2.05) is 38.1 Å². The fraction of sp³-hybridized carbons (Fsp3) is 0.267. The molecule has 0 saturated heterocycles. The van der Waals surface area contributed by atoms with Crippen LogP contribution in [0.25, 0.3) is 10.9 Å². The number of methoxy groups -OCH3 is 1. The van der Waals surface area contributed by atoms with Crippen LogP contribution in [0.1, 0.15) is 19.4 Å². The average molecular weight is 243 g/mol. The minimum atomic E-state index is -0.442. The average Bonchev–Trinajstić information content (AvgIpc) is 2.36. The van der Waals surface area contributed by atoms with E-state index >= 15 is 0 Å². The molecule has 94 valence electrons. The van der Waals surface area contributed by atoms with Crippen LogP contribution in [0.3, 0.4) is 0 Å². The maximum atomic E-state index is 12.2. The van der Waals surface area contributed by atoms with Crippen molar-refractivity contribution in [3.05, 3.63) is 52.8 Å². The zero-order valence-corrected chi connectivity index (χ0v) is 10.9. The standard InChI is InChI=1S/C15H17NO2/c1-5-15(2,3)12-13(18-4)10-8-6-7-9-11(10)16-14(12)17/h5-9H,1H2,2-4H3,(H,16,17). The second-order valence-corrected chi connectivity index (χ2v) is 4.83. The largest absolute Gasteiger partial charge is 0.496 e. The van der Waals surface area contributed by atoms with Crippen LogP contribution in [-0.4, -0.2) is 12.1 Å². The molecule has 1 N–H and O–H groups in total. The van der Waals surface area contributed by atoms with E-state index in [4.69, 9.17) is 4.74 Å². The summed E-state index contributed by atoms with van der Waals surface area (Å²) in [6.07, 6.45) is 1.76. The van der Waals surface area contributed by atoms with Crippen molar-refractivity contribution >= 4 is 10.9 Å². The van der Waals surface area contributed by atoms with Gasteiger partial charge in [0.15, 0.2) is 0 Å². The molecule has 0 bridgehead atoms. The van der Waals surface area contributed by atoms with Crippen LogP contribution >= 0.6 is 0 Å². The van der Waals surface area contributed by atoms with Gasteiger partial charge in [-0.15, -0.1) is 6.58 Å². The van der Waals surface area contributed by atoms with E-state index in [0.29, 0.717) is 11.3 Å². The topological polar surface area (TPSA) is 42.1 Å². The minimum absolute atomic E-state index is 0.129. The van der Waals surface area contributed by atoms with Crippen LogP contribution in [0.4, 0.5) is 0 Å². The van der Waals surface area contributed by atoms with Gasteiger partial charge in [0.25, 0.3) is 5.56 Å². The Bertz CT molecular complexity index is 653. The van der Waals surface area contributed by atoms with Crippen LogP contribution in [0.15, 0.2) is 41.7 Å². The molecule has 0 aliphatic heterocycles. The van der Waals surface area contributed by atoms with E-state index in [2.05, 4.69) is 11.6 Å². The molecule has 0 atom stereocenters. The Morgan fingerprint density at radius 3 is 2.61 bits per heavy atom. The van der Waals surface area contributed by atoms with Gasteiger partial charge in [-0.1, -0.05) is 32.1 Å². The number of fused-ring (bicyclic) bond motifs is 1. The van der Waals surface area contributed by atoms with Gasteiger partial charge in [0.1, 0.15) is 5.75 Å². The number of nitrogens with one attached hydrogen (secondary N) is 1. The Hall–Kier alpha value is -2.03. The summed E-state index contributed by atoms with van der Waals surface area (Å²) in [6, 6.07) is 7.61. The van der Waals surface area contributed by atoms with Crippen molar-refractivity contribution in [2.75, 3.05) is 7.11 Å². The highest BCUT2D eigenvalue weighted by atomic mass is 16.5. The molecule has 0 unspecified atom stereocenters. The van der Waals surface area contributed by atoms with Crippen molar-refractivity contribution in [3.63, 3.8) is 0 Å². The molecular weight excluding hydrogens is 226 g/mol. The van der Waals surface area contributed by atoms with Crippen molar-refractivity contribution in [1.82, 2.24) is 4.98 Å². The van der Waals surface area contributed by atoms with E-state index in [1.165, 1.54) is 0 Å². The van der Waals surface area contributed by atoms with Crippen molar-refractivity contribution in [3.8, 4) is 5.75 Å². The van der Waals surface area contributed by atoms with Crippen molar-refractivity contribution in [2.45, 2.75) is 19.3 Å². The van der Waals surface area contributed by atoms with Gasteiger partial charge in [0.2, 0.25) is 0 Å². The molecule has 0 aliphatic carbocycles. The van der Waals surface area contributed by atoms with Gasteiger partial charge in [-0.2, -0.15) is 0 Å². The second kappa shape index (κ2) is 4.33. The Kier molecular flexibility index (Phi) is 2.99. The molecule has 3 nitrogen and oxygen atoms in total. The molecule has 2 aromatic rings. The molecule has 0 saturated carbocycles. The number of hydrogen-bond donors (Lipinski definition) is 1. The third kappa shape index (κ3) is 1.82. The fourth-order valence-electron chi connectivity index (χ4n) is 2.11. The van der Waals surface area contributed by atoms with E-state index in [0.717, 1.165) is 10.9 Å². The first kappa shape index (κ1) is 12.4. The molecule has 3 heteroatoms. The first-order valence-corrected chi connectivity index (χ1v) is 5.84. The van der Waals surface area contributed by atoms with Gasteiger partial charge in [-0.25, -0.2) is 0 Å². The number of aromatic nitrogens is 1. The molecule has 1 aromatic heterocycles. The van der Waals surface area contributed by atoms with E-state index < -0.39 is 5.41 Å². The number of ether oxygens (including phenoxy) is 1. The van der Waals surface area contributed by atoms with Crippen LogP contribution in [0.2, 0.25) is 0 Å². The lowest BCUT2D eigenvalue weighted by Gasteiger charge is -2.22. The summed E-state index contributed by atoms with van der Waals surface area (Å²) in [5, 5.41) is 0.907. The summed E-state index contributed by atoms with van der Waals surface area (Å²) in [6.45, 7) is 7.69. The maximum absolute atomic E-state index is 12.2. The number of aromatic amines is 1. The monoisotopic (exact) mass is 243 g/mol. The van der Waals surface area contributed by atoms with E-state index in [-0.39, 0.29) is 5.56 Å². The molecule has 0 radical (unpaired) electrons. The third-order valence-corrected chi connectivity index (χ3v) is 3.23. The lowest BCUT2D eigenvalue weighted by molar-refractivity contribution is 0.405. The van der Waals surface area contributed by atoms with E-state index in [9.17, 15) is 4.79 Å². The minimum Gasteiger partial charge on any atom is -0.496 e. The maximum Gasteiger partial charge on any atom is 0.256 e. The first-order chi connectivity index (χ1) is 8.51. The SMILES string of the molecule is C=CC(C)(C)c1c(OC)c2ccccc2[nH]c1=O. The molecule has 1 heterocycles. The summed E-state index contributed by atoms with van der Waals surface area (Å²) < 4.78 is 5.46. The van der Waals surface area contributed by atoms with Crippen molar-refractivity contribution in [2.24, 2.45) is 0 Å². The zero-order valence-electron chi connectivity index (χ0n) is 10.9. The number of rotatable bonds is 3. The summed E-state index contributed by atoms with van der Waals surface area (Å²) in [7, 11) is 1.59. The number of para-hydroxylation sites is 1. The Morgan fingerprint density at radius 2 is 2.00 bits per heavy atom. The molecule has 1 aromatic carbocycles. The number of benzene rings is 1. The van der Waals surface area contributed by atoms with Crippen molar-refractivity contribution in [1.29, 1.82) is 0 Å². The van der Waals surface area contributed by atoms with Crippen LogP contribution in [0.5, 0.6) is 5.75 Å². The molecule has 0 fully saturated rings. The molecule has 0 spiro atoms. The summed E-state index contributed by atoms with van der Waals surface area (Å²) in [5.74, 6) is 0.624. The normalized spacial score (nSPS) is 11.5. The Morgan fingerprint density at radius 1 is 1.33 bits per heavy atom. The van der Waals surface area contributed by atoms with Gasteiger partial charge >= 0.3 is 0 Å². The zero-order chi connectivity index (χ0) is 13.3. The summed E-state index contributed by atoms with van der Waals surface area (Å²) >= 11 is 0. The molecule has 18 heavy (non-hydrogen) atoms.